The van der Waals surface area contributed by atoms with Crippen LogP contribution in [0.3, 0.4) is 0 Å². The summed E-state index contributed by atoms with van der Waals surface area (Å²) >= 11 is 1.71. The summed E-state index contributed by atoms with van der Waals surface area (Å²) in [5, 5.41) is 12.4. The maximum Gasteiger partial charge on any atom is 0.229 e. The van der Waals surface area contributed by atoms with E-state index in [1.165, 1.54) is 0 Å². The average molecular weight is 216 g/mol. The van der Waals surface area contributed by atoms with Crippen LogP contribution in [0.1, 0.15) is 37.9 Å². The highest BCUT2D eigenvalue weighted by molar-refractivity contribution is 7.98. The molecule has 0 atom stereocenters. The van der Waals surface area contributed by atoms with Gasteiger partial charge < -0.3 is 9.63 Å². The monoisotopic (exact) mass is 216 g/mol. The van der Waals surface area contributed by atoms with E-state index in [1.54, 1.807) is 11.8 Å². The number of nitrogens with zero attached hydrogens (tertiary/aromatic N) is 2. The molecule has 14 heavy (non-hydrogen) atoms. The molecule has 0 fully saturated rings. The predicted octanol–water partition coefficient (Wildman–Crippen LogP) is 1.81. The molecule has 1 rings (SSSR count). The molecule has 0 spiro atoms. The molecule has 80 valence electrons. The summed E-state index contributed by atoms with van der Waals surface area (Å²) < 4.78 is 5.06. The van der Waals surface area contributed by atoms with E-state index >= 15 is 0 Å². The quantitative estimate of drug-likeness (QED) is 0.735. The third-order valence-corrected chi connectivity index (χ3v) is 2.70. The molecule has 1 N–H and O–H groups in total. The van der Waals surface area contributed by atoms with Crippen LogP contribution in [0, 0.1) is 0 Å². The van der Waals surface area contributed by atoms with Crippen molar-refractivity contribution in [3.8, 4) is 0 Å². The second-order valence-electron chi connectivity index (χ2n) is 3.33. The number of aromatic nitrogens is 2. The first kappa shape index (κ1) is 11.5. The minimum absolute atomic E-state index is 0.247. The van der Waals surface area contributed by atoms with Gasteiger partial charge in [0.05, 0.1) is 5.75 Å². The van der Waals surface area contributed by atoms with Crippen molar-refractivity contribution >= 4 is 11.8 Å². The van der Waals surface area contributed by atoms with Gasteiger partial charge in [0.2, 0.25) is 5.89 Å². The van der Waals surface area contributed by atoms with Crippen LogP contribution in [0.5, 0.6) is 0 Å². The highest BCUT2D eigenvalue weighted by atomic mass is 32.2. The molecule has 0 aliphatic rings. The van der Waals surface area contributed by atoms with E-state index in [1.807, 2.05) is 13.8 Å². The van der Waals surface area contributed by atoms with Crippen LogP contribution < -0.4 is 0 Å². The standard InChI is InChI=1S/C9H16N2O2S/c1-7(2)9-10-8(11-13-9)6-14-5-3-4-12/h7,12H,3-6H2,1-2H3. The Labute approximate surface area is 88.1 Å². The van der Waals surface area contributed by atoms with Gasteiger partial charge in [-0.1, -0.05) is 19.0 Å². The summed E-state index contributed by atoms with van der Waals surface area (Å²) in [4.78, 5) is 4.25. The summed E-state index contributed by atoms with van der Waals surface area (Å²) in [6, 6.07) is 0. The van der Waals surface area contributed by atoms with Gasteiger partial charge in [-0.05, 0) is 12.2 Å². The topological polar surface area (TPSA) is 59.2 Å². The van der Waals surface area contributed by atoms with Crippen molar-refractivity contribution in [3.63, 3.8) is 0 Å². The SMILES string of the molecule is CC(C)c1nc(CSCCCO)no1. The molecular weight excluding hydrogens is 200 g/mol. The van der Waals surface area contributed by atoms with E-state index in [4.69, 9.17) is 9.63 Å². The van der Waals surface area contributed by atoms with Crippen LogP contribution in [0.25, 0.3) is 0 Å². The van der Waals surface area contributed by atoms with Crippen LogP contribution in [0.2, 0.25) is 0 Å². The fourth-order valence-corrected chi connectivity index (χ4v) is 1.67. The molecule has 0 bridgehead atoms. The first-order valence-corrected chi connectivity index (χ1v) is 5.90. The third-order valence-electron chi connectivity index (χ3n) is 1.66. The van der Waals surface area contributed by atoms with Gasteiger partial charge in [0, 0.05) is 12.5 Å². The molecule has 0 amide bonds. The Morgan fingerprint density at radius 2 is 2.29 bits per heavy atom. The van der Waals surface area contributed by atoms with E-state index in [2.05, 4.69) is 10.1 Å². The highest BCUT2D eigenvalue weighted by Gasteiger charge is 2.09. The van der Waals surface area contributed by atoms with Crippen molar-refractivity contribution in [2.24, 2.45) is 0 Å². The lowest BCUT2D eigenvalue weighted by Gasteiger charge is -1.94. The minimum Gasteiger partial charge on any atom is -0.396 e. The van der Waals surface area contributed by atoms with Crippen LogP contribution >= 0.6 is 11.8 Å². The molecule has 1 heterocycles. The fraction of sp³-hybridized carbons (Fsp3) is 0.778. The zero-order valence-electron chi connectivity index (χ0n) is 8.56. The van der Waals surface area contributed by atoms with Crippen molar-refractivity contribution in [2.75, 3.05) is 12.4 Å². The van der Waals surface area contributed by atoms with Gasteiger partial charge in [-0.15, -0.1) is 0 Å². The molecular formula is C9H16N2O2S. The summed E-state index contributed by atoms with van der Waals surface area (Å²) in [5.74, 6) is 3.43. The van der Waals surface area contributed by atoms with Gasteiger partial charge in [-0.3, -0.25) is 0 Å². The lowest BCUT2D eigenvalue weighted by Crippen LogP contribution is -1.90. The Hall–Kier alpha value is -0.550. The second-order valence-corrected chi connectivity index (χ2v) is 4.44. The lowest BCUT2D eigenvalue weighted by atomic mass is 10.2. The van der Waals surface area contributed by atoms with Gasteiger partial charge in [0.15, 0.2) is 5.82 Å². The Morgan fingerprint density at radius 1 is 1.50 bits per heavy atom. The number of thioether (sulfide) groups is 1. The van der Waals surface area contributed by atoms with Gasteiger partial charge >= 0.3 is 0 Å². The van der Waals surface area contributed by atoms with Crippen LogP contribution in [0.15, 0.2) is 4.52 Å². The predicted molar refractivity (Wildman–Crippen MR) is 56.3 cm³/mol. The molecule has 1 aromatic heterocycles. The minimum atomic E-state index is 0.247. The number of hydrogen-bond acceptors (Lipinski definition) is 5. The normalized spacial score (nSPS) is 11.1. The molecule has 0 aromatic carbocycles. The molecule has 4 nitrogen and oxygen atoms in total. The zero-order chi connectivity index (χ0) is 10.4. The number of hydrogen-bond donors (Lipinski definition) is 1. The molecule has 5 heteroatoms. The molecule has 0 radical (unpaired) electrons. The summed E-state index contributed by atoms with van der Waals surface area (Å²) in [5.41, 5.74) is 0. The van der Waals surface area contributed by atoms with Gasteiger partial charge in [-0.2, -0.15) is 16.7 Å². The number of aliphatic hydroxyl groups excluding tert-OH is 1. The fourth-order valence-electron chi connectivity index (χ4n) is 0.891. The van der Waals surface area contributed by atoms with E-state index < -0.39 is 0 Å². The van der Waals surface area contributed by atoms with E-state index in [9.17, 15) is 0 Å². The lowest BCUT2D eigenvalue weighted by molar-refractivity contribution is 0.296. The maximum absolute atomic E-state index is 8.58. The zero-order valence-corrected chi connectivity index (χ0v) is 9.38. The van der Waals surface area contributed by atoms with E-state index in [0.29, 0.717) is 11.8 Å². The average Bonchev–Trinajstić information content (AvgIpc) is 2.61. The van der Waals surface area contributed by atoms with Crippen LogP contribution in [-0.4, -0.2) is 27.6 Å². The number of aliphatic hydroxyl groups is 1. The Morgan fingerprint density at radius 3 is 2.86 bits per heavy atom. The Balaban J connectivity index is 2.29. The molecule has 0 aliphatic carbocycles. The first-order chi connectivity index (χ1) is 6.74. The molecule has 0 unspecified atom stereocenters. The number of rotatable bonds is 6. The smallest absolute Gasteiger partial charge is 0.229 e. The summed E-state index contributed by atoms with van der Waals surface area (Å²) in [6.07, 6.45) is 0.819. The van der Waals surface area contributed by atoms with Crippen molar-refractivity contribution in [1.82, 2.24) is 10.1 Å². The summed E-state index contributed by atoms with van der Waals surface area (Å²) in [6.45, 7) is 4.29. The van der Waals surface area contributed by atoms with Gasteiger partial charge in [0.25, 0.3) is 0 Å². The van der Waals surface area contributed by atoms with E-state index in [-0.39, 0.29) is 6.61 Å². The molecule has 0 saturated carbocycles. The van der Waals surface area contributed by atoms with Crippen molar-refractivity contribution < 1.29 is 9.63 Å². The van der Waals surface area contributed by atoms with Crippen LogP contribution in [0.4, 0.5) is 0 Å². The van der Waals surface area contributed by atoms with E-state index in [0.717, 1.165) is 23.8 Å². The second kappa shape index (κ2) is 6.03. The van der Waals surface area contributed by atoms with Gasteiger partial charge in [0.1, 0.15) is 0 Å². The van der Waals surface area contributed by atoms with Crippen molar-refractivity contribution in [1.29, 1.82) is 0 Å². The highest BCUT2D eigenvalue weighted by Crippen LogP contribution is 2.14. The Kier molecular flexibility index (Phi) is 4.97. The molecule has 1 aromatic rings. The largest absolute Gasteiger partial charge is 0.396 e. The molecule has 0 saturated heterocycles. The Bertz CT molecular complexity index is 263. The van der Waals surface area contributed by atoms with Gasteiger partial charge in [-0.25, -0.2) is 0 Å². The third kappa shape index (κ3) is 3.67. The first-order valence-electron chi connectivity index (χ1n) is 4.75. The van der Waals surface area contributed by atoms with Crippen molar-refractivity contribution in [2.45, 2.75) is 31.9 Å². The van der Waals surface area contributed by atoms with Crippen LogP contribution in [-0.2, 0) is 5.75 Å². The van der Waals surface area contributed by atoms with Crippen molar-refractivity contribution in [3.05, 3.63) is 11.7 Å². The maximum atomic E-state index is 8.58. The molecule has 0 aliphatic heterocycles. The summed E-state index contributed by atoms with van der Waals surface area (Å²) in [7, 11) is 0.